The molecule has 10 nitrogen and oxygen atoms in total. The van der Waals surface area contributed by atoms with E-state index in [1.54, 1.807) is 54.6 Å². The summed E-state index contributed by atoms with van der Waals surface area (Å²) in [7, 11) is -7.02. The van der Waals surface area contributed by atoms with Crippen LogP contribution in [0.2, 0.25) is 0 Å². The maximum absolute atomic E-state index is 12.5. The van der Waals surface area contributed by atoms with Crippen molar-refractivity contribution in [3.8, 4) is 11.5 Å². The molecule has 0 aliphatic carbocycles. The van der Waals surface area contributed by atoms with Crippen molar-refractivity contribution >= 4 is 55.2 Å². The van der Waals surface area contributed by atoms with Crippen LogP contribution in [-0.4, -0.2) is 61.1 Å². The van der Waals surface area contributed by atoms with Crippen molar-refractivity contribution in [3.05, 3.63) is 98.9 Å². The largest absolute Gasteiger partial charge is 0.478 e. The molecule has 2 heterocycles. The van der Waals surface area contributed by atoms with Crippen LogP contribution in [0.4, 0.5) is 5.69 Å². The molecule has 0 saturated heterocycles. The summed E-state index contributed by atoms with van der Waals surface area (Å²) in [6, 6.07) is 13.2. The fraction of sp³-hybridized carbons (Fsp3) is 0.286. The lowest BCUT2D eigenvalue weighted by Gasteiger charge is -2.41. The van der Waals surface area contributed by atoms with Crippen LogP contribution in [0.1, 0.15) is 67.2 Å². The average Bonchev–Trinajstić information content (AvgIpc) is 2.90. The second-order valence-corrected chi connectivity index (χ2v) is 16.5. The summed E-state index contributed by atoms with van der Waals surface area (Å²) < 4.78 is 74.7. The van der Waals surface area contributed by atoms with Crippen molar-refractivity contribution in [1.29, 1.82) is 0 Å². The van der Waals surface area contributed by atoms with Gasteiger partial charge in [0.1, 0.15) is 23.0 Å². The summed E-state index contributed by atoms with van der Waals surface area (Å²) in [6.07, 6.45) is 3.50. The van der Waals surface area contributed by atoms with E-state index in [0.717, 1.165) is 0 Å². The quantitative estimate of drug-likeness (QED) is 0.228. The molecule has 248 valence electrons. The van der Waals surface area contributed by atoms with Crippen LogP contribution in [0.15, 0.2) is 60.7 Å². The van der Waals surface area contributed by atoms with Crippen molar-refractivity contribution in [3.63, 3.8) is 0 Å². The first-order valence-electron chi connectivity index (χ1n) is 14.7. The van der Waals surface area contributed by atoms with Gasteiger partial charge in [-0.2, -0.15) is 16.8 Å². The molecular formula is C35H37NO9S2. The minimum atomic E-state index is -4.45. The van der Waals surface area contributed by atoms with Gasteiger partial charge < -0.3 is 14.7 Å². The van der Waals surface area contributed by atoms with Gasteiger partial charge in [-0.15, -0.1) is 0 Å². The van der Waals surface area contributed by atoms with Crippen LogP contribution in [-0.2, 0) is 20.2 Å². The maximum atomic E-state index is 12.5. The van der Waals surface area contributed by atoms with Crippen molar-refractivity contribution in [2.75, 3.05) is 23.5 Å². The molecule has 0 fully saturated rings. The Bertz CT molecular complexity index is 2240. The molecule has 0 unspecified atom stereocenters. The van der Waals surface area contributed by atoms with E-state index in [4.69, 9.17) is 4.74 Å². The smallest absolute Gasteiger partial charge is 0.336 e. The van der Waals surface area contributed by atoms with Crippen LogP contribution in [0.25, 0.3) is 23.3 Å². The number of allylic oxidation sites excluding steroid dienone is 1. The number of rotatable bonds is 7. The maximum Gasteiger partial charge on any atom is 0.336 e. The molecule has 0 amide bonds. The van der Waals surface area contributed by atoms with Gasteiger partial charge in [-0.3, -0.25) is 9.11 Å². The van der Waals surface area contributed by atoms with Gasteiger partial charge in [0.05, 0.1) is 11.1 Å². The Morgan fingerprint density at radius 2 is 1.60 bits per heavy atom. The lowest BCUT2D eigenvalue weighted by molar-refractivity contribution is 0.0696. The van der Waals surface area contributed by atoms with Crippen LogP contribution in [0.3, 0.4) is 0 Å². The minimum absolute atomic E-state index is 0.00498. The molecular weight excluding hydrogens is 643 g/mol. The Kier molecular flexibility index (Phi) is 8.33. The van der Waals surface area contributed by atoms with Crippen LogP contribution < -0.4 is 20.1 Å². The van der Waals surface area contributed by atoms with E-state index in [1.165, 1.54) is 6.07 Å². The van der Waals surface area contributed by atoms with Crippen molar-refractivity contribution < 1.29 is 40.6 Å². The summed E-state index contributed by atoms with van der Waals surface area (Å²) in [5.74, 6) is -1.78. The molecule has 2 aliphatic heterocycles. The van der Waals surface area contributed by atoms with Gasteiger partial charge in [0.25, 0.3) is 20.2 Å². The number of hydrogen-bond donors (Lipinski definition) is 3. The molecule has 5 rings (SSSR count). The Balaban J connectivity index is 1.94. The normalized spacial score (nSPS) is 16.1. The van der Waals surface area contributed by atoms with Gasteiger partial charge in [0, 0.05) is 40.7 Å². The summed E-state index contributed by atoms with van der Waals surface area (Å²) in [5.41, 5.74) is 2.36. The third-order valence-electron chi connectivity index (χ3n) is 8.22. The minimum Gasteiger partial charge on any atom is -0.478 e. The molecule has 0 aromatic heterocycles. The van der Waals surface area contributed by atoms with E-state index in [1.807, 2.05) is 46.6 Å². The molecule has 12 heteroatoms. The predicted octanol–water partition coefficient (Wildman–Crippen LogP) is 4.97. The molecule has 0 spiro atoms. The molecule has 0 bridgehead atoms. The summed E-state index contributed by atoms with van der Waals surface area (Å²) >= 11 is 0. The Hall–Kier alpha value is -4.23. The van der Waals surface area contributed by atoms with Gasteiger partial charge >= 0.3 is 5.97 Å². The third-order valence-corrected chi connectivity index (χ3v) is 9.57. The number of carboxylic acid groups (broad SMARTS) is 1. The number of fused-ring (bicyclic) bond motifs is 3. The number of benzene rings is 3. The number of carboxylic acids is 1. The van der Waals surface area contributed by atoms with E-state index in [9.17, 15) is 35.8 Å². The number of anilines is 1. The van der Waals surface area contributed by atoms with Gasteiger partial charge in [-0.25, -0.2) is 4.79 Å². The van der Waals surface area contributed by atoms with Gasteiger partial charge in [-0.1, -0.05) is 57.7 Å². The first-order valence-corrected chi connectivity index (χ1v) is 17.9. The lowest BCUT2D eigenvalue weighted by atomic mass is 9.83. The van der Waals surface area contributed by atoms with Crippen LogP contribution >= 0.6 is 0 Å². The van der Waals surface area contributed by atoms with E-state index in [0.29, 0.717) is 66.6 Å². The molecule has 3 aromatic rings. The standard InChI is InChI=1S/C35H37NO9S2/c1-20-12-30-27(13-25(20)21(16-34(2,3)4)18-46(39,40)41)32(23-10-8-9-11-24(23)33(37)38)28-14-26-22(19-47(42,43)44)17-35(5,6)36(7)29(26)15-31(28)45-30/h8-17H,1,18-19H2,2-7H3,(H,37,38)(H,39,40,41)(H,42,43,44)/b21-16-. The molecule has 47 heavy (non-hydrogen) atoms. The zero-order chi connectivity index (χ0) is 34.9. The number of hydrogen-bond acceptors (Lipinski definition) is 7. The first kappa shape index (κ1) is 34.1. The predicted molar refractivity (Wildman–Crippen MR) is 183 cm³/mol. The first-order chi connectivity index (χ1) is 21.5. The molecule has 3 N–H and O–H groups in total. The van der Waals surface area contributed by atoms with Crippen LogP contribution in [0.5, 0.6) is 11.5 Å². The van der Waals surface area contributed by atoms with Gasteiger partial charge in [0.15, 0.2) is 0 Å². The summed E-state index contributed by atoms with van der Waals surface area (Å²) in [5, 5.41) is 11.1. The number of ether oxygens (including phenoxy) is 1. The zero-order valence-corrected chi connectivity index (χ0v) is 28.6. The highest BCUT2D eigenvalue weighted by Crippen LogP contribution is 2.46. The zero-order valence-electron chi connectivity index (χ0n) is 26.9. The second-order valence-electron chi connectivity index (χ2n) is 13.6. The molecule has 0 radical (unpaired) electrons. The van der Waals surface area contributed by atoms with E-state index in [2.05, 4.69) is 6.58 Å². The van der Waals surface area contributed by atoms with E-state index < -0.39 is 48.7 Å². The molecule has 2 aliphatic rings. The molecule has 0 atom stereocenters. The fourth-order valence-corrected chi connectivity index (χ4v) is 7.43. The highest BCUT2D eigenvalue weighted by atomic mass is 32.2. The number of carbonyl (C=O) groups is 1. The number of aromatic carboxylic acids is 1. The number of nitrogens with zero attached hydrogens (tertiary/aromatic N) is 1. The highest BCUT2D eigenvalue weighted by molar-refractivity contribution is 7.86. The van der Waals surface area contributed by atoms with E-state index in [-0.39, 0.29) is 5.56 Å². The lowest BCUT2D eigenvalue weighted by Crippen LogP contribution is -2.42. The van der Waals surface area contributed by atoms with Crippen molar-refractivity contribution in [1.82, 2.24) is 0 Å². The summed E-state index contributed by atoms with van der Waals surface area (Å²) in [6.45, 7) is 13.6. The average molecular weight is 680 g/mol. The van der Waals surface area contributed by atoms with Crippen LogP contribution in [0, 0.1) is 5.41 Å². The monoisotopic (exact) mass is 679 g/mol. The van der Waals surface area contributed by atoms with E-state index >= 15 is 0 Å². The summed E-state index contributed by atoms with van der Waals surface area (Å²) in [4.78, 5) is 14.5. The number of likely N-dealkylation sites (N-methyl/N-ethyl adjacent to an activating group) is 1. The fourth-order valence-electron chi connectivity index (χ4n) is 6.17. The highest BCUT2D eigenvalue weighted by Gasteiger charge is 2.34. The second kappa shape index (κ2) is 11.5. The Morgan fingerprint density at radius 1 is 0.936 bits per heavy atom. The molecule has 3 aromatic carbocycles. The molecule has 0 saturated carbocycles. The van der Waals surface area contributed by atoms with Gasteiger partial charge in [-0.05, 0) is 71.0 Å². The SMILES string of the molecule is C=c1cc2c(cc1/C(=C\C(C)(C)C)CS(=O)(=O)O)=C(c1ccccc1C(=O)O)c1cc3c(cc1O2)N(C)C(C)(C)C=C3CS(=O)(=O)O. The Labute approximate surface area is 274 Å². The van der Waals surface area contributed by atoms with Crippen molar-refractivity contribution in [2.45, 2.75) is 40.2 Å². The topological polar surface area (TPSA) is 159 Å². The Morgan fingerprint density at radius 3 is 2.19 bits per heavy atom. The third kappa shape index (κ3) is 7.05. The van der Waals surface area contributed by atoms with Crippen molar-refractivity contribution in [2.24, 2.45) is 5.41 Å². The van der Waals surface area contributed by atoms with Gasteiger partial charge in [0.2, 0.25) is 0 Å².